The van der Waals surface area contributed by atoms with Gasteiger partial charge in [0.25, 0.3) is 5.91 Å². The van der Waals surface area contributed by atoms with E-state index in [4.69, 9.17) is 10.5 Å². The number of hydrogen-bond acceptors (Lipinski definition) is 5. The van der Waals surface area contributed by atoms with Gasteiger partial charge in [-0.05, 0) is 48.9 Å². The molecule has 2 amide bonds. The first-order chi connectivity index (χ1) is 14.0. The van der Waals surface area contributed by atoms with Crippen LogP contribution in [0.15, 0.2) is 24.3 Å². The van der Waals surface area contributed by atoms with E-state index >= 15 is 0 Å². The van der Waals surface area contributed by atoms with E-state index in [0.29, 0.717) is 37.2 Å². The number of amides is 2. The summed E-state index contributed by atoms with van der Waals surface area (Å²) in [6, 6.07) is 7.05. The second kappa shape index (κ2) is 10.2. The lowest BCUT2D eigenvalue weighted by atomic mass is 9.84. The van der Waals surface area contributed by atoms with Crippen LogP contribution >= 0.6 is 0 Å². The van der Waals surface area contributed by atoms with Crippen molar-refractivity contribution in [2.24, 2.45) is 17.6 Å². The van der Waals surface area contributed by atoms with Crippen LogP contribution in [0.5, 0.6) is 0 Å². The fourth-order valence-corrected chi connectivity index (χ4v) is 3.97. The maximum absolute atomic E-state index is 13.0. The monoisotopic (exact) mass is 402 g/mol. The Hall–Kier alpha value is -1.96. The number of carbonyl (C=O) groups is 2. The highest BCUT2D eigenvalue weighted by Gasteiger charge is 2.29. The number of hydrogen-bond donors (Lipinski definition) is 2. The highest BCUT2D eigenvalue weighted by Crippen LogP contribution is 2.28. The largest absolute Gasteiger partial charge is 0.370 e. The molecule has 1 saturated heterocycles. The van der Waals surface area contributed by atoms with Crippen LogP contribution < -0.4 is 16.0 Å². The smallest absolute Gasteiger partial charge is 0.253 e. The SMILES string of the molecule is CC(C)CN(CC1CCC1)[C@@H](CN)C(=O)Nc1ccc(N2CCOCC2=O)cc1. The van der Waals surface area contributed by atoms with Gasteiger partial charge in [-0.2, -0.15) is 0 Å². The number of ether oxygens (including phenoxy) is 1. The predicted octanol–water partition coefficient (Wildman–Crippen LogP) is 2.07. The molecular formula is C22H34N4O3. The molecule has 0 unspecified atom stereocenters. The number of anilines is 2. The van der Waals surface area contributed by atoms with Crippen molar-refractivity contribution in [1.82, 2.24) is 4.90 Å². The molecule has 1 aliphatic heterocycles. The highest BCUT2D eigenvalue weighted by atomic mass is 16.5. The topological polar surface area (TPSA) is 87.9 Å². The Morgan fingerprint density at radius 1 is 1.31 bits per heavy atom. The van der Waals surface area contributed by atoms with Crippen molar-refractivity contribution in [2.75, 3.05) is 49.6 Å². The summed E-state index contributed by atoms with van der Waals surface area (Å²) in [7, 11) is 0. The molecule has 0 spiro atoms. The second-order valence-electron chi connectivity index (χ2n) is 8.53. The van der Waals surface area contributed by atoms with Crippen LogP contribution in [0.1, 0.15) is 33.1 Å². The molecule has 0 bridgehead atoms. The third-order valence-corrected chi connectivity index (χ3v) is 5.72. The van der Waals surface area contributed by atoms with Crippen LogP contribution in [-0.2, 0) is 14.3 Å². The Bertz CT molecular complexity index is 688. The standard InChI is InChI=1S/C22H34N4O3/c1-16(2)13-25(14-17-4-3-5-17)20(12-23)22(28)24-18-6-8-19(9-7-18)26-10-11-29-15-21(26)27/h6-9,16-17,20H,3-5,10-15,23H2,1-2H3,(H,24,28)/t20-/m0/s1. The zero-order valence-corrected chi connectivity index (χ0v) is 17.6. The fraction of sp³-hybridized carbons (Fsp3) is 0.636. The quantitative estimate of drug-likeness (QED) is 0.660. The summed E-state index contributed by atoms with van der Waals surface area (Å²) < 4.78 is 5.17. The van der Waals surface area contributed by atoms with E-state index < -0.39 is 0 Å². The van der Waals surface area contributed by atoms with Crippen molar-refractivity contribution >= 4 is 23.2 Å². The van der Waals surface area contributed by atoms with Gasteiger partial charge in [-0.25, -0.2) is 0 Å². The fourth-order valence-electron chi connectivity index (χ4n) is 3.97. The lowest BCUT2D eigenvalue weighted by Crippen LogP contribution is -2.52. The molecule has 1 aromatic carbocycles. The first-order valence-electron chi connectivity index (χ1n) is 10.7. The number of rotatable bonds is 9. The Balaban J connectivity index is 1.63. The number of morpholine rings is 1. The second-order valence-corrected chi connectivity index (χ2v) is 8.53. The van der Waals surface area contributed by atoms with Gasteiger partial charge in [0.2, 0.25) is 5.91 Å². The summed E-state index contributed by atoms with van der Waals surface area (Å²) >= 11 is 0. The Kier molecular flexibility index (Phi) is 7.64. The maximum Gasteiger partial charge on any atom is 0.253 e. The van der Waals surface area contributed by atoms with Crippen LogP contribution in [0, 0.1) is 11.8 Å². The molecule has 7 heteroatoms. The molecule has 2 fully saturated rings. The van der Waals surface area contributed by atoms with E-state index in [1.807, 2.05) is 24.3 Å². The van der Waals surface area contributed by atoms with Crippen molar-refractivity contribution in [3.05, 3.63) is 24.3 Å². The minimum absolute atomic E-state index is 0.0449. The molecule has 160 valence electrons. The number of benzene rings is 1. The van der Waals surface area contributed by atoms with E-state index in [0.717, 1.165) is 18.8 Å². The summed E-state index contributed by atoms with van der Waals surface area (Å²) in [6.45, 7) is 7.64. The molecule has 3 rings (SSSR count). The first-order valence-corrected chi connectivity index (χ1v) is 10.7. The third-order valence-electron chi connectivity index (χ3n) is 5.72. The molecule has 3 N–H and O–H groups in total. The molecule has 1 heterocycles. The molecule has 1 aliphatic carbocycles. The summed E-state index contributed by atoms with van der Waals surface area (Å²) in [4.78, 5) is 28.9. The van der Waals surface area contributed by atoms with Crippen LogP contribution in [0.2, 0.25) is 0 Å². The van der Waals surface area contributed by atoms with Crippen molar-refractivity contribution < 1.29 is 14.3 Å². The molecule has 1 atom stereocenters. The van der Waals surface area contributed by atoms with Crippen LogP contribution in [0.25, 0.3) is 0 Å². The van der Waals surface area contributed by atoms with Gasteiger partial charge >= 0.3 is 0 Å². The van der Waals surface area contributed by atoms with Crippen LogP contribution in [0.4, 0.5) is 11.4 Å². The lowest BCUT2D eigenvalue weighted by Gasteiger charge is -2.37. The van der Waals surface area contributed by atoms with E-state index in [1.54, 1.807) is 4.90 Å². The zero-order chi connectivity index (χ0) is 20.8. The third kappa shape index (κ3) is 5.78. The van der Waals surface area contributed by atoms with Crippen molar-refractivity contribution in [3.8, 4) is 0 Å². The molecular weight excluding hydrogens is 368 g/mol. The van der Waals surface area contributed by atoms with Gasteiger partial charge in [0.15, 0.2) is 0 Å². The van der Waals surface area contributed by atoms with E-state index in [9.17, 15) is 9.59 Å². The molecule has 0 aromatic heterocycles. The molecule has 0 radical (unpaired) electrons. The van der Waals surface area contributed by atoms with Crippen molar-refractivity contribution in [3.63, 3.8) is 0 Å². The predicted molar refractivity (Wildman–Crippen MR) is 115 cm³/mol. The van der Waals surface area contributed by atoms with Gasteiger partial charge in [-0.1, -0.05) is 20.3 Å². The van der Waals surface area contributed by atoms with E-state index in [1.165, 1.54) is 19.3 Å². The summed E-state index contributed by atoms with van der Waals surface area (Å²) in [5.41, 5.74) is 7.55. The van der Waals surface area contributed by atoms with E-state index in [-0.39, 0.29) is 24.5 Å². The Morgan fingerprint density at radius 3 is 2.59 bits per heavy atom. The highest BCUT2D eigenvalue weighted by molar-refractivity contribution is 5.97. The van der Waals surface area contributed by atoms with Gasteiger partial charge in [0, 0.05) is 37.6 Å². The van der Waals surface area contributed by atoms with Crippen LogP contribution in [0.3, 0.4) is 0 Å². The van der Waals surface area contributed by atoms with Crippen molar-refractivity contribution in [1.29, 1.82) is 0 Å². The molecule has 7 nitrogen and oxygen atoms in total. The average molecular weight is 403 g/mol. The Labute approximate surface area is 173 Å². The summed E-state index contributed by atoms with van der Waals surface area (Å²) in [5.74, 6) is 1.04. The van der Waals surface area contributed by atoms with E-state index in [2.05, 4.69) is 24.1 Å². The van der Waals surface area contributed by atoms with Crippen molar-refractivity contribution in [2.45, 2.75) is 39.2 Å². The van der Waals surface area contributed by atoms with Gasteiger partial charge in [-0.3, -0.25) is 14.5 Å². The lowest BCUT2D eigenvalue weighted by molar-refractivity contribution is -0.125. The normalized spacial score (nSPS) is 18.8. The minimum atomic E-state index is -0.335. The van der Waals surface area contributed by atoms with Gasteiger partial charge in [-0.15, -0.1) is 0 Å². The first kappa shape index (κ1) is 21.7. The number of carbonyl (C=O) groups excluding carboxylic acids is 2. The summed E-state index contributed by atoms with van der Waals surface area (Å²) in [5, 5.41) is 3.01. The van der Waals surface area contributed by atoms with Crippen LogP contribution in [-0.4, -0.2) is 62.1 Å². The van der Waals surface area contributed by atoms with Gasteiger partial charge in [0.1, 0.15) is 12.6 Å². The molecule has 1 aromatic rings. The average Bonchev–Trinajstić information content (AvgIpc) is 2.66. The molecule has 29 heavy (non-hydrogen) atoms. The minimum Gasteiger partial charge on any atom is -0.370 e. The summed E-state index contributed by atoms with van der Waals surface area (Å²) in [6.07, 6.45) is 3.78. The molecule has 2 aliphatic rings. The van der Waals surface area contributed by atoms with Gasteiger partial charge in [0.05, 0.1) is 6.61 Å². The van der Waals surface area contributed by atoms with Gasteiger partial charge < -0.3 is 20.7 Å². The maximum atomic E-state index is 13.0. The number of nitrogens with zero attached hydrogens (tertiary/aromatic N) is 2. The Morgan fingerprint density at radius 2 is 2.03 bits per heavy atom. The number of nitrogens with two attached hydrogens (primary N) is 1. The zero-order valence-electron chi connectivity index (χ0n) is 17.6. The molecule has 1 saturated carbocycles. The number of nitrogens with one attached hydrogen (secondary N) is 1.